The average molecular weight is 431 g/mol. The van der Waals surface area contributed by atoms with E-state index in [2.05, 4.69) is 28.0 Å². The second-order valence-corrected chi connectivity index (χ2v) is 8.46. The molecule has 1 amide bonds. The van der Waals surface area contributed by atoms with Gasteiger partial charge in [-0.2, -0.15) is 12.6 Å². The van der Waals surface area contributed by atoms with Gasteiger partial charge < -0.3 is 20.5 Å². The van der Waals surface area contributed by atoms with E-state index in [0.29, 0.717) is 5.75 Å². The largest absolute Gasteiger partial charge is 0.480 e. The highest BCUT2D eigenvalue weighted by Gasteiger charge is 2.25. The van der Waals surface area contributed by atoms with Crippen LogP contribution in [0.1, 0.15) is 77.6 Å². The number of rotatable bonds is 8. The maximum absolute atomic E-state index is 11.4. The first-order valence-corrected chi connectivity index (χ1v) is 11.5. The molecule has 2 atom stereocenters. The van der Waals surface area contributed by atoms with Crippen molar-refractivity contribution in [1.29, 1.82) is 0 Å². The van der Waals surface area contributed by atoms with Crippen LogP contribution in [0.15, 0.2) is 0 Å². The highest BCUT2D eigenvalue weighted by molar-refractivity contribution is 7.80. The number of thiol groups is 1. The van der Waals surface area contributed by atoms with Crippen molar-refractivity contribution in [2.75, 3.05) is 12.9 Å². The van der Waals surface area contributed by atoms with E-state index in [0.717, 1.165) is 19.2 Å². The van der Waals surface area contributed by atoms with Crippen molar-refractivity contribution >= 4 is 30.5 Å². The Bertz CT molecular complexity index is 489. The van der Waals surface area contributed by atoms with Crippen molar-refractivity contribution in [2.45, 2.75) is 95.7 Å². The smallest absolute Gasteiger partial charge is 0.326 e. The molecule has 0 unspecified atom stereocenters. The fourth-order valence-electron chi connectivity index (χ4n) is 3.72. The summed E-state index contributed by atoms with van der Waals surface area (Å²) in [7, 11) is 1.15. The zero-order chi connectivity index (χ0) is 21.6. The number of aliphatic carboxylic acids is 1. The molecule has 2 aliphatic carbocycles. The molecule has 0 bridgehead atoms. The van der Waals surface area contributed by atoms with Gasteiger partial charge in [0, 0.05) is 23.8 Å². The van der Waals surface area contributed by atoms with Gasteiger partial charge in [-0.1, -0.05) is 45.4 Å². The lowest BCUT2D eigenvalue weighted by Gasteiger charge is -2.30. The molecule has 0 aromatic carbocycles. The summed E-state index contributed by atoms with van der Waals surface area (Å²) in [6.07, 6.45) is 14.2. The summed E-state index contributed by atoms with van der Waals surface area (Å²) in [6, 6.07) is 0.482. The maximum Gasteiger partial charge on any atom is 0.326 e. The Morgan fingerprint density at radius 3 is 1.86 bits per heavy atom. The number of nitrogens with one attached hydrogen (secondary N) is 2. The number of carboxylic acid groups (broad SMARTS) is 1. The van der Waals surface area contributed by atoms with E-state index >= 15 is 0 Å². The molecule has 0 aliphatic heterocycles. The molecule has 2 rings (SSSR count). The Morgan fingerprint density at radius 2 is 1.48 bits per heavy atom. The van der Waals surface area contributed by atoms with Gasteiger partial charge >= 0.3 is 11.9 Å². The summed E-state index contributed by atoms with van der Waals surface area (Å²) in [4.78, 5) is 33.0. The van der Waals surface area contributed by atoms with E-state index in [-0.39, 0.29) is 0 Å². The lowest BCUT2D eigenvalue weighted by atomic mass is 9.91. The molecule has 7 nitrogen and oxygen atoms in total. The molecule has 2 fully saturated rings. The number of ether oxygens (including phenoxy) is 1. The fourth-order valence-corrected chi connectivity index (χ4v) is 3.88. The molecular weight excluding hydrogens is 392 g/mol. The van der Waals surface area contributed by atoms with Crippen molar-refractivity contribution < 1.29 is 24.2 Å². The molecule has 2 saturated carbocycles. The third kappa shape index (κ3) is 10.9. The van der Waals surface area contributed by atoms with Gasteiger partial charge in [0.05, 0.1) is 13.5 Å². The summed E-state index contributed by atoms with van der Waals surface area (Å²) in [5.74, 6) is -2.53. The van der Waals surface area contributed by atoms with Crippen LogP contribution in [0.5, 0.6) is 0 Å². The normalized spacial score (nSPS) is 20.0. The number of amides is 1. The Morgan fingerprint density at radius 1 is 1.00 bits per heavy atom. The van der Waals surface area contributed by atoms with Crippen molar-refractivity contribution in [3.05, 3.63) is 0 Å². The second-order valence-electron chi connectivity index (χ2n) is 8.10. The molecule has 8 heteroatoms. The van der Waals surface area contributed by atoms with Crippen LogP contribution in [0.25, 0.3) is 0 Å². The Balaban J connectivity index is 0.000000294. The summed E-state index contributed by atoms with van der Waals surface area (Å²) >= 11 is 3.92. The molecule has 2 aliphatic rings. The van der Waals surface area contributed by atoms with Gasteiger partial charge in [0.1, 0.15) is 6.04 Å². The number of carboxylic acids is 1. The standard InChI is InChI=1S/C12H23N.C9H15NO5S/c1-3-7-11(8-4-1)13-12-9-5-2-6-10-12;1-5(4-16)8(12)10-6(9(13)14)3-7(11)15-2/h11-13H,1-10H2;5-6,16H,3-4H2,1-2H3,(H,10,12)(H,13,14)/t;5-,6+/m.1/s1. The highest BCUT2D eigenvalue weighted by atomic mass is 32.1. The predicted octanol–water partition coefficient (Wildman–Crippen LogP) is 2.93. The van der Waals surface area contributed by atoms with E-state index < -0.39 is 36.2 Å². The van der Waals surface area contributed by atoms with E-state index in [9.17, 15) is 14.4 Å². The van der Waals surface area contributed by atoms with Crippen molar-refractivity contribution in [2.24, 2.45) is 5.92 Å². The van der Waals surface area contributed by atoms with E-state index in [4.69, 9.17) is 5.11 Å². The van der Waals surface area contributed by atoms with Crippen LogP contribution in [-0.2, 0) is 19.1 Å². The zero-order valence-electron chi connectivity index (χ0n) is 17.8. The molecule has 168 valence electrons. The van der Waals surface area contributed by atoms with Gasteiger partial charge in [-0.3, -0.25) is 9.59 Å². The van der Waals surface area contributed by atoms with Gasteiger partial charge in [-0.15, -0.1) is 0 Å². The first-order chi connectivity index (χ1) is 13.9. The van der Waals surface area contributed by atoms with Crippen LogP contribution in [0.3, 0.4) is 0 Å². The molecule has 0 aromatic rings. The van der Waals surface area contributed by atoms with Gasteiger partial charge in [0.2, 0.25) is 5.91 Å². The highest BCUT2D eigenvalue weighted by Crippen LogP contribution is 2.22. The Hall–Kier alpha value is -1.28. The quantitative estimate of drug-likeness (QED) is 0.349. The molecule has 29 heavy (non-hydrogen) atoms. The minimum Gasteiger partial charge on any atom is -0.480 e. The third-order valence-corrected chi connectivity index (χ3v) is 6.16. The number of hydrogen-bond acceptors (Lipinski definition) is 6. The van der Waals surface area contributed by atoms with Crippen LogP contribution in [0.4, 0.5) is 0 Å². The SMILES string of the molecule is C1CCC(NC2CCCCC2)CC1.COC(=O)C[C@H](NC(=O)[C@H](C)CS)C(=O)O. The van der Waals surface area contributed by atoms with Gasteiger partial charge in [0.15, 0.2) is 0 Å². The minimum atomic E-state index is -1.27. The minimum absolute atomic E-state index is 0.302. The van der Waals surface area contributed by atoms with Gasteiger partial charge in [-0.05, 0) is 25.7 Å². The number of esters is 1. The number of carbonyl (C=O) groups is 3. The monoisotopic (exact) mass is 430 g/mol. The molecule has 0 aromatic heterocycles. The van der Waals surface area contributed by atoms with Crippen molar-refractivity contribution in [3.63, 3.8) is 0 Å². The maximum atomic E-state index is 11.4. The van der Waals surface area contributed by atoms with E-state index in [1.807, 2.05) is 0 Å². The van der Waals surface area contributed by atoms with Gasteiger partial charge in [-0.25, -0.2) is 4.79 Å². The van der Waals surface area contributed by atoms with Gasteiger partial charge in [0.25, 0.3) is 0 Å². The molecule has 0 saturated heterocycles. The Labute approximate surface area is 180 Å². The molecule has 3 N–H and O–H groups in total. The van der Waals surface area contributed by atoms with Crippen LogP contribution in [0, 0.1) is 5.92 Å². The first kappa shape index (κ1) is 25.8. The predicted molar refractivity (Wildman–Crippen MR) is 116 cm³/mol. The third-order valence-electron chi connectivity index (χ3n) is 5.62. The molecular formula is C21H38N2O5S. The van der Waals surface area contributed by atoms with Crippen LogP contribution in [0.2, 0.25) is 0 Å². The number of hydrogen-bond donors (Lipinski definition) is 4. The van der Waals surface area contributed by atoms with E-state index in [1.165, 1.54) is 64.2 Å². The van der Waals surface area contributed by atoms with Crippen molar-refractivity contribution in [1.82, 2.24) is 10.6 Å². The topological polar surface area (TPSA) is 105 Å². The van der Waals surface area contributed by atoms with Crippen LogP contribution < -0.4 is 10.6 Å². The molecule has 0 heterocycles. The summed E-state index contributed by atoms with van der Waals surface area (Å²) in [5, 5.41) is 14.9. The van der Waals surface area contributed by atoms with Crippen molar-refractivity contribution in [3.8, 4) is 0 Å². The van der Waals surface area contributed by atoms with Crippen LogP contribution >= 0.6 is 12.6 Å². The lowest BCUT2D eigenvalue weighted by molar-refractivity contribution is -0.149. The summed E-state index contributed by atoms with van der Waals surface area (Å²) in [5.41, 5.74) is 0. The molecule has 0 radical (unpaired) electrons. The average Bonchev–Trinajstić information content (AvgIpc) is 2.74. The lowest BCUT2D eigenvalue weighted by Crippen LogP contribution is -2.44. The Kier molecular flexibility index (Phi) is 13.0. The molecule has 0 spiro atoms. The zero-order valence-corrected chi connectivity index (χ0v) is 18.7. The van der Waals surface area contributed by atoms with Crippen LogP contribution in [-0.4, -0.2) is 53.9 Å². The first-order valence-electron chi connectivity index (χ1n) is 10.8. The summed E-state index contributed by atoms with van der Waals surface area (Å²) < 4.78 is 4.33. The van der Waals surface area contributed by atoms with E-state index in [1.54, 1.807) is 6.92 Å². The number of carbonyl (C=O) groups excluding carboxylic acids is 2. The fraction of sp³-hybridized carbons (Fsp3) is 0.857. The number of methoxy groups -OCH3 is 1. The second kappa shape index (κ2) is 14.7. The summed E-state index contributed by atoms with van der Waals surface area (Å²) in [6.45, 7) is 1.61.